The second kappa shape index (κ2) is 5.40. The Bertz CT molecular complexity index is 444. The number of nitrogens with one attached hydrogen (secondary N) is 1. The molecule has 2 atom stereocenters. The van der Waals surface area contributed by atoms with Gasteiger partial charge >= 0.3 is 0 Å². The number of hydrogen-bond donors (Lipinski definition) is 1. The summed E-state index contributed by atoms with van der Waals surface area (Å²) in [4.78, 5) is 0. The fraction of sp³-hybridized carbons (Fsp3) is 0.625. The molecule has 0 aliphatic heterocycles. The third kappa shape index (κ3) is 3.02. The summed E-state index contributed by atoms with van der Waals surface area (Å²) in [5.74, 6) is 2.24. The molecular formula is C16H22FNO. The van der Waals surface area contributed by atoms with Crippen LogP contribution < -0.4 is 10.1 Å². The third-order valence-corrected chi connectivity index (χ3v) is 4.53. The van der Waals surface area contributed by atoms with Crippen molar-refractivity contribution in [3.63, 3.8) is 0 Å². The second-order valence-corrected chi connectivity index (χ2v) is 5.95. The fourth-order valence-corrected chi connectivity index (χ4v) is 3.36. The van der Waals surface area contributed by atoms with E-state index in [9.17, 15) is 4.39 Å². The molecule has 0 aromatic heterocycles. The monoisotopic (exact) mass is 263 g/mol. The van der Waals surface area contributed by atoms with Crippen LogP contribution in [0.4, 0.5) is 10.1 Å². The van der Waals surface area contributed by atoms with Crippen LogP contribution in [0, 0.1) is 17.7 Å². The average Bonchev–Trinajstić information content (AvgIpc) is 3.25. The van der Waals surface area contributed by atoms with Crippen molar-refractivity contribution in [2.24, 2.45) is 11.8 Å². The Morgan fingerprint density at radius 2 is 2.00 bits per heavy atom. The molecule has 1 aromatic carbocycles. The van der Waals surface area contributed by atoms with E-state index in [0.717, 1.165) is 17.5 Å². The maximum absolute atomic E-state index is 13.2. The van der Waals surface area contributed by atoms with Crippen molar-refractivity contribution in [2.45, 2.75) is 44.6 Å². The Morgan fingerprint density at radius 3 is 2.74 bits per heavy atom. The van der Waals surface area contributed by atoms with E-state index in [2.05, 4.69) is 5.32 Å². The number of anilines is 1. The van der Waals surface area contributed by atoms with Gasteiger partial charge in [0.05, 0.1) is 12.8 Å². The summed E-state index contributed by atoms with van der Waals surface area (Å²) < 4.78 is 18.4. The third-order valence-electron chi connectivity index (χ3n) is 4.53. The largest absolute Gasteiger partial charge is 0.494 e. The van der Waals surface area contributed by atoms with Crippen LogP contribution in [0.2, 0.25) is 0 Å². The van der Waals surface area contributed by atoms with Crippen LogP contribution in [0.15, 0.2) is 18.2 Å². The van der Waals surface area contributed by atoms with Crippen molar-refractivity contribution in [3.8, 4) is 5.75 Å². The minimum atomic E-state index is -0.248. The molecule has 0 amide bonds. The van der Waals surface area contributed by atoms with Gasteiger partial charge in [-0.1, -0.05) is 12.8 Å². The van der Waals surface area contributed by atoms with E-state index in [4.69, 9.17) is 4.74 Å². The number of halogens is 1. The number of ether oxygens (including phenoxy) is 1. The van der Waals surface area contributed by atoms with Gasteiger partial charge in [0, 0.05) is 12.1 Å². The highest BCUT2D eigenvalue weighted by Gasteiger charge is 2.34. The van der Waals surface area contributed by atoms with Gasteiger partial charge in [0.15, 0.2) is 0 Å². The van der Waals surface area contributed by atoms with Crippen molar-refractivity contribution >= 4 is 5.69 Å². The minimum absolute atomic E-state index is 0.248. The van der Waals surface area contributed by atoms with Crippen LogP contribution in [-0.2, 0) is 0 Å². The van der Waals surface area contributed by atoms with E-state index in [-0.39, 0.29) is 5.82 Å². The van der Waals surface area contributed by atoms with Gasteiger partial charge in [0.1, 0.15) is 11.6 Å². The molecule has 2 aliphatic carbocycles. The van der Waals surface area contributed by atoms with Crippen molar-refractivity contribution in [2.75, 3.05) is 12.4 Å². The van der Waals surface area contributed by atoms with E-state index in [1.54, 1.807) is 13.2 Å². The maximum atomic E-state index is 13.2. The van der Waals surface area contributed by atoms with Gasteiger partial charge in [-0.25, -0.2) is 4.39 Å². The summed E-state index contributed by atoms with van der Waals surface area (Å²) in [6, 6.07) is 5.24. The molecule has 0 heterocycles. The minimum Gasteiger partial charge on any atom is -0.494 e. The molecule has 19 heavy (non-hydrogen) atoms. The number of benzene rings is 1. The zero-order valence-electron chi connectivity index (χ0n) is 11.5. The lowest BCUT2D eigenvalue weighted by Gasteiger charge is -2.31. The Morgan fingerprint density at radius 1 is 1.16 bits per heavy atom. The van der Waals surface area contributed by atoms with Crippen LogP contribution in [-0.4, -0.2) is 13.2 Å². The van der Waals surface area contributed by atoms with Crippen molar-refractivity contribution in [1.82, 2.24) is 0 Å². The van der Waals surface area contributed by atoms with E-state index in [1.807, 2.05) is 0 Å². The molecule has 3 rings (SSSR count). The highest BCUT2D eigenvalue weighted by Crippen LogP contribution is 2.44. The van der Waals surface area contributed by atoms with Gasteiger partial charge in [0.2, 0.25) is 0 Å². The van der Waals surface area contributed by atoms with Crippen LogP contribution in [0.25, 0.3) is 0 Å². The van der Waals surface area contributed by atoms with Gasteiger partial charge in [-0.2, -0.15) is 0 Å². The van der Waals surface area contributed by atoms with E-state index in [1.165, 1.54) is 50.7 Å². The normalized spacial score (nSPS) is 27.1. The molecule has 0 radical (unpaired) electrons. The molecule has 2 nitrogen and oxygen atoms in total. The first-order valence-electron chi connectivity index (χ1n) is 7.36. The summed E-state index contributed by atoms with van der Waals surface area (Å²) in [7, 11) is 1.59. The summed E-state index contributed by atoms with van der Waals surface area (Å²) in [5, 5.41) is 3.55. The lowest BCUT2D eigenvalue weighted by atomic mass is 9.82. The Balaban J connectivity index is 1.66. The molecule has 2 fully saturated rings. The number of methoxy groups -OCH3 is 1. The fourth-order valence-electron chi connectivity index (χ4n) is 3.36. The van der Waals surface area contributed by atoms with Crippen LogP contribution >= 0.6 is 0 Å². The smallest absolute Gasteiger partial charge is 0.144 e. The molecule has 2 aliphatic rings. The van der Waals surface area contributed by atoms with Crippen molar-refractivity contribution < 1.29 is 9.13 Å². The summed E-state index contributed by atoms with van der Waals surface area (Å²) in [6.45, 7) is 0. The first-order valence-corrected chi connectivity index (χ1v) is 7.36. The first kappa shape index (κ1) is 12.8. The first-order chi connectivity index (χ1) is 9.26. The molecule has 1 aromatic rings. The van der Waals surface area contributed by atoms with Crippen LogP contribution in [0.3, 0.4) is 0 Å². The zero-order valence-corrected chi connectivity index (χ0v) is 11.5. The SMILES string of the molecule is COc1cc(F)ccc1NC1CCCC(C2CC2)C1. The zero-order chi connectivity index (χ0) is 13.2. The molecular weight excluding hydrogens is 241 g/mol. The highest BCUT2D eigenvalue weighted by atomic mass is 19.1. The van der Waals surface area contributed by atoms with Crippen molar-refractivity contribution in [1.29, 1.82) is 0 Å². The van der Waals surface area contributed by atoms with Gasteiger partial charge in [-0.15, -0.1) is 0 Å². The highest BCUT2D eigenvalue weighted by molar-refractivity contribution is 5.57. The van der Waals surface area contributed by atoms with E-state index >= 15 is 0 Å². The molecule has 0 saturated heterocycles. The molecule has 0 bridgehead atoms. The average molecular weight is 263 g/mol. The molecule has 104 valence electrons. The maximum Gasteiger partial charge on any atom is 0.144 e. The van der Waals surface area contributed by atoms with Gasteiger partial charge in [-0.3, -0.25) is 0 Å². The van der Waals surface area contributed by atoms with Crippen molar-refractivity contribution in [3.05, 3.63) is 24.0 Å². The van der Waals surface area contributed by atoms with E-state index < -0.39 is 0 Å². The lowest BCUT2D eigenvalue weighted by molar-refractivity contribution is 0.302. The van der Waals surface area contributed by atoms with E-state index in [0.29, 0.717) is 11.8 Å². The molecule has 1 N–H and O–H groups in total. The van der Waals surface area contributed by atoms with Crippen LogP contribution in [0.1, 0.15) is 38.5 Å². The van der Waals surface area contributed by atoms with Gasteiger partial charge in [0.25, 0.3) is 0 Å². The predicted octanol–water partition coefficient (Wildman–Crippen LogP) is 4.22. The van der Waals surface area contributed by atoms with Gasteiger partial charge < -0.3 is 10.1 Å². The second-order valence-electron chi connectivity index (χ2n) is 5.95. The molecule has 2 unspecified atom stereocenters. The van der Waals surface area contributed by atoms with Gasteiger partial charge in [-0.05, 0) is 49.7 Å². The Hall–Kier alpha value is -1.25. The summed E-state index contributed by atoms with van der Waals surface area (Å²) >= 11 is 0. The molecule has 2 saturated carbocycles. The lowest BCUT2D eigenvalue weighted by Crippen LogP contribution is -2.28. The topological polar surface area (TPSA) is 21.3 Å². The Labute approximate surface area is 114 Å². The Kier molecular flexibility index (Phi) is 3.63. The summed E-state index contributed by atoms with van der Waals surface area (Å²) in [6.07, 6.45) is 8.02. The van der Waals surface area contributed by atoms with Crippen LogP contribution in [0.5, 0.6) is 5.75 Å². The summed E-state index contributed by atoms with van der Waals surface area (Å²) in [5.41, 5.74) is 0.922. The predicted molar refractivity (Wildman–Crippen MR) is 75.0 cm³/mol. The standard InChI is InChI=1S/C16H22FNO/c1-19-16-10-13(17)7-8-15(16)18-14-4-2-3-12(9-14)11-5-6-11/h7-8,10-12,14,18H,2-6,9H2,1H3. The quantitative estimate of drug-likeness (QED) is 0.878. The number of hydrogen-bond acceptors (Lipinski definition) is 2. The molecule has 0 spiro atoms. The number of rotatable bonds is 4. The molecule has 3 heteroatoms.